The van der Waals surface area contributed by atoms with Crippen molar-refractivity contribution in [3.05, 3.63) is 82.1 Å². The molecule has 0 fully saturated rings. The van der Waals surface area contributed by atoms with Crippen molar-refractivity contribution in [2.24, 2.45) is 4.99 Å². The third-order valence-electron chi connectivity index (χ3n) is 4.77. The molecule has 1 heterocycles. The molecular weight excluding hydrogens is 451 g/mol. The normalized spacial score (nSPS) is 15.3. The molecule has 0 radical (unpaired) electrons. The number of carbonyl (C=O) groups excluding carboxylic acids is 1. The summed E-state index contributed by atoms with van der Waals surface area (Å²) in [6, 6.07) is 14.1. The molecule has 1 aliphatic heterocycles. The van der Waals surface area contributed by atoms with Gasteiger partial charge in [0, 0.05) is 0 Å². The average Bonchev–Trinajstić information content (AvgIpc) is 2.95. The van der Waals surface area contributed by atoms with Gasteiger partial charge in [-0.2, -0.15) is 0 Å². The Labute approximate surface area is 171 Å². The van der Waals surface area contributed by atoms with Gasteiger partial charge in [0.2, 0.25) is 0 Å². The molecule has 5 heteroatoms. The van der Waals surface area contributed by atoms with Crippen LogP contribution in [0.25, 0.3) is 0 Å². The van der Waals surface area contributed by atoms with Gasteiger partial charge in [-0.15, -0.1) is 0 Å². The number of nitrogens with zero attached hydrogens (tertiary/aromatic N) is 1. The second-order valence-corrected chi connectivity index (χ2v) is 8.99. The fraction of sp³-hybridized carbons (Fsp3) is 0.273. The third kappa shape index (κ3) is 4.65. The van der Waals surface area contributed by atoms with Crippen LogP contribution in [0.3, 0.4) is 0 Å². The van der Waals surface area contributed by atoms with Gasteiger partial charge in [0.1, 0.15) is 0 Å². The molecule has 0 bridgehead atoms. The molecule has 1 unspecified atom stereocenters. The van der Waals surface area contributed by atoms with Crippen LogP contribution in [0.5, 0.6) is 0 Å². The second kappa shape index (κ2) is 9.28. The monoisotopic (exact) mass is 475 g/mol. The number of nitrogens with one attached hydrogen (secondary N) is 1. The van der Waals surface area contributed by atoms with Crippen LogP contribution in [0.2, 0.25) is 0 Å². The summed E-state index contributed by atoms with van der Waals surface area (Å²) < 4.78 is 3.35. The first-order chi connectivity index (χ1) is 13.1. The number of allylic oxidation sites excluding steroid dienone is 2. The number of hydrogen-bond donors (Lipinski definition) is 1. The predicted octanol–water partition coefficient (Wildman–Crippen LogP) is 1.13. The summed E-state index contributed by atoms with van der Waals surface area (Å²) in [6.07, 6.45) is 3.32. The maximum atomic E-state index is 12.2. The van der Waals surface area contributed by atoms with E-state index in [0.29, 0.717) is 5.56 Å². The van der Waals surface area contributed by atoms with Crippen molar-refractivity contribution in [1.29, 1.82) is 0 Å². The van der Waals surface area contributed by atoms with Gasteiger partial charge in [-0.3, -0.25) is 0 Å². The first-order valence-electron chi connectivity index (χ1n) is 8.91. The zero-order chi connectivity index (χ0) is 19.2. The third-order valence-corrected chi connectivity index (χ3v) is 6.69. The van der Waals surface area contributed by atoms with Gasteiger partial charge in [0.05, 0.1) is 0 Å². The van der Waals surface area contributed by atoms with E-state index in [4.69, 9.17) is 9.83 Å². The Morgan fingerprint density at radius 3 is 2.85 bits per heavy atom. The van der Waals surface area contributed by atoms with Crippen molar-refractivity contribution < 1.29 is 30.8 Å². The first-order valence-corrected chi connectivity index (χ1v) is 11.7. The predicted molar refractivity (Wildman–Crippen MR) is 105 cm³/mol. The number of amides is 1. The molecule has 2 aromatic carbocycles. The van der Waals surface area contributed by atoms with Gasteiger partial charge in [0.15, 0.2) is 0 Å². The van der Waals surface area contributed by atoms with E-state index in [1.54, 1.807) is 6.07 Å². The molecule has 1 amide bonds. The summed E-state index contributed by atoms with van der Waals surface area (Å²) in [5.41, 5.74) is 8.89. The van der Waals surface area contributed by atoms with E-state index < -0.39 is 0 Å². The molecular formula is C22H24IN2O2-. The Balaban J connectivity index is 2.13. The molecule has 142 valence electrons. The van der Waals surface area contributed by atoms with Crippen LogP contribution in [-0.4, -0.2) is 21.7 Å². The van der Waals surface area contributed by atoms with Crippen LogP contribution in [-0.2, 0) is 4.84 Å². The Hall–Kier alpha value is -1.99. The van der Waals surface area contributed by atoms with Crippen molar-refractivity contribution in [1.82, 2.24) is 5.48 Å². The van der Waals surface area contributed by atoms with E-state index in [1.165, 1.54) is 28.2 Å². The molecule has 0 aromatic heterocycles. The van der Waals surface area contributed by atoms with Gasteiger partial charge < -0.3 is 0 Å². The fourth-order valence-corrected chi connectivity index (χ4v) is 4.73. The quantitative estimate of drug-likeness (QED) is 0.401. The van der Waals surface area contributed by atoms with E-state index in [9.17, 15) is 4.79 Å². The minimum atomic E-state index is -0.247. The van der Waals surface area contributed by atoms with E-state index >= 15 is 0 Å². The summed E-state index contributed by atoms with van der Waals surface area (Å²) in [7, 11) is 1.44. The molecule has 0 spiro atoms. The van der Waals surface area contributed by atoms with Gasteiger partial charge in [-0.1, -0.05) is 0 Å². The Morgan fingerprint density at radius 1 is 1.22 bits per heavy atom. The zero-order valence-electron chi connectivity index (χ0n) is 15.8. The van der Waals surface area contributed by atoms with Crippen molar-refractivity contribution >= 4 is 10.1 Å². The second-order valence-electron chi connectivity index (χ2n) is 6.47. The number of rotatable bonds is 5. The number of benzene rings is 2. The van der Waals surface area contributed by atoms with Crippen LogP contribution in [0, 0.1) is 13.8 Å². The van der Waals surface area contributed by atoms with Crippen molar-refractivity contribution in [3.63, 3.8) is 0 Å². The molecule has 0 aliphatic carbocycles. The number of hydrogen-bond acceptors (Lipinski definition) is 3. The van der Waals surface area contributed by atoms with E-state index in [2.05, 4.69) is 53.9 Å². The molecule has 0 saturated carbocycles. The summed E-state index contributed by atoms with van der Waals surface area (Å²) in [4.78, 5) is 21.8. The van der Waals surface area contributed by atoms with Crippen LogP contribution in [0.4, 0.5) is 0 Å². The number of alkyl halides is 1. The van der Waals surface area contributed by atoms with Gasteiger partial charge in [-0.25, -0.2) is 0 Å². The summed E-state index contributed by atoms with van der Waals surface area (Å²) in [5, 5.41) is 0. The van der Waals surface area contributed by atoms with Gasteiger partial charge in [-0.05, 0) is 0 Å². The fourth-order valence-electron chi connectivity index (χ4n) is 3.26. The SMILES string of the molecule is CONC(=O)c1cccc(C(C2=CCC[I-]C=N2)c2cccc(C)c2C)c1. The Morgan fingerprint density at radius 2 is 2.04 bits per heavy atom. The first kappa shape index (κ1) is 19.8. The van der Waals surface area contributed by atoms with Crippen molar-refractivity contribution in [2.75, 3.05) is 11.5 Å². The van der Waals surface area contributed by atoms with E-state index in [1.807, 2.05) is 12.1 Å². The summed E-state index contributed by atoms with van der Waals surface area (Å²) >= 11 is 0.0335. The number of halogens is 1. The molecule has 27 heavy (non-hydrogen) atoms. The zero-order valence-corrected chi connectivity index (χ0v) is 18.0. The summed E-state index contributed by atoms with van der Waals surface area (Å²) in [6.45, 7) is 4.29. The van der Waals surface area contributed by atoms with Crippen LogP contribution >= 0.6 is 0 Å². The van der Waals surface area contributed by atoms with Gasteiger partial charge in [0.25, 0.3) is 0 Å². The van der Waals surface area contributed by atoms with E-state index in [-0.39, 0.29) is 33.0 Å². The van der Waals surface area contributed by atoms with Gasteiger partial charge >= 0.3 is 171 Å². The molecule has 2 aromatic rings. The van der Waals surface area contributed by atoms with Crippen LogP contribution < -0.4 is 26.7 Å². The van der Waals surface area contributed by atoms with E-state index in [0.717, 1.165) is 17.7 Å². The summed E-state index contributed by atoms with van der Waals surface area (Å²) in [5.74, 6) is -0.234. The van der Waals surface area contributed by atoms with Crippen molar-refractivity contribution in [2.45, 2.75) is 26.2 Å². The molecule has 0 saturated heterocycles. The molecule has 4 nitrogen and oxygen atoms in total. The number of aryl methyl sites for hydroxylation is 1. The van der Waals surface area contributed by atoms with Crippen LogP contribution in [0.15, 0.2) is 59.2 Å². The number of aliphatic imine (C=N–C) groups is 1. The maximum absolute atomic E-state index is 12.2. The molecule has 1 N–H and O–H groups in total. The molecule has 1 atom stereocenters. The Bertz CT molecular complexity index is 890. The van der Waals surface area contributed by atoms with Crippen LogP contribution in [0.1, 0.15) is 45.0 Å². The minimum absolute atomic E-state index is 0.0125. The van der Waals surface area contributed by atoms with Crippen molar-refractivity contribution in [3.8, 4) is 0 Å². The number of hydroxylamine groups is 1. The standard InChI is InChI=1S/C22H24IN2O2/c1-15-7-4-10-19(16(15)2)21(20-11-6-12-23-14-24-20)17-8-5-9-18(13-17)22(26)25-27-3/h4-5,7-11,13-14,21H,6,12H2,1-3H3,(H,25,26)/q-1. The Kier molecular flexibility index (Phi) is 6.79. The average molecular weight is 475 g/mol. The molecule has 1 aliphatic rings. The molecule has 3 rings (SSSR count). The topological polar surface area (TPSA) is 50.7 Å². The number of carbonyl (C=O) groups is 1.